The predicted octanol–water partition coefficient (Wildman–Crippen LogP) is 2.00. The predicted molar refractivity (Wildman–Crippen MR) is 29.8 cm³/mol. The highest BCUT2D eigenvalue weighted by molar-refractivity contribution is 7.24. The molecule has 0 aromatic carbocycles. The SMILES string of the molecule is O=PC1CC=CC1. The van der Waals surface area contributed by atoms with Gasteiger partial charge in [-0.05, 0) is 12.8 Å². The molecule has 0 N–H and O–H groups in total. The summed E-state index contributed by atoms with van der Waals surface area (Å²) >= 11 is 0. The molecule has 0 heterocycles. The number of hydrogen-bond acceptors (Lipinski definition) is 1. The fourth-order valence-electron chi connectivity index (χ4n) is 0.689. The highest BCUT2D eigenvalue weighted by Gasteiger charge is 2.07. The van der Waals surface area contributed by atoms with Gasteiger partial charge in [-0.1, -0.05) is 12.2 Å². The molecule has 0 unspecified atom stereocenters. The zero-order chi connectivity index (χ0) is 5.11. The first-order valence-electron chi connectivity index (χ1n) is 2.41. The van der Waals surface area contributed by atoms with Gasteiger partial charge in [0.25, 0.3) is 0 Å². The Balaban J connectivity index is 2.35. The van der Waals surface area contributed by atoms with Gasteiger partial charge in [0.05, 0.1) is 0 Å². The van der Waals surface area contributed by atoms with Crippen LogP contribution < -0.4 is 0 Å². The molecule has 0 radical (unpaired) electrons. The minimum atomic E-state index is 0.309. The lowest BCUT2D eigenvalue weighted by molar-refractivity contribution is 0.591. The van der Waals surface area contributed by atoms with Crippen molar-refractivity contribution in [1.82, 2.24) is 0 Å². The molecule has 38 valence electrons. The summed E-state index contributed by atoms with van der Waals surface area (Å²) in [6.07, 6.45) is 6.17. The zero-order valence-corrected chi connectivity index (χ0v) is 4.90. The van der Waals surface area contributed by atoms with Crippen molar-refractivity contribution in [1.29, 1.82) is 0 Å². The molecule has 0 fully saturated rings. The first kappa shape index (κ1) is 4.99. The third kappa shape index (κ3) is 1.10. The Bertz CT molecular complexity index is 90.3. The summed E-state index contributed by atoms with van der Waals surface area (Å²) in [7, 11) is 0.309. The largest absolute Gasteiger partial charge is 0.275 e. The summed E-state index contributed by atoms with van der Waals surface area (Å²) < 4.78 is 10.1. The molecule has 1 rings (SSSR count). The van der Waals surface area contributed by atoms with Gasteiger partial charge in [-0.2, -0.15) is 0 Å². The van der Waals surface area contributed by atoms with E-state index >= 15 is 0 Å². The van der Waals surface area contributed by atoms with Crippen LogP contribution in [0, 0.1) is 0 Å². The Labute approximate surface area is 44.6 Å². The van der Waals surface area contributed by atoms with Gasteiger partial charge < -0.3 is 0 Å². The van der Waals surface area contributed by atoms with E-state index in [1.54, 1.807) is 0 Å². The maximum atomic E-state index is 10.1. The molecule has 0 saturated carbocycles. The van der Waals surface area contributed by atoms with Gasteiger partial charge >= 0.3 is 0 Å². The minimum Gasteiger partial charge on any atom is -0.275 e. The second-order valence-electron chi connectivity index (χ2n) is 1.70. The van der Waals surface area contributed by atoms with Crippen molar-refractivity contribution in [2.45, 2.75) is 18.5 Å². The van der Waals surface area contributed by atoms with Crippen LogP contribution in [-0.2, 0) is 4.57 Å². The van der Waals surface area contributed by atoms with Gasteiger partial charge in [-0.3, -0.25) is 4.57 Å². The van der Waals surface area contributed by atoms with Crippen LogP contribution in [0.3, 0.4) is 0 Å². The highest BCUT2D eigenvalue weighted by Crippen LogP contribution is 2.21. The minimum absolute atomic E-state index is 0.309. The summed E-state index contributed by atoms with van der Waals surface area (Å²) in [5.41, 5.74) is 0.403. The van der Waals surface area contributed by atoms with E-state index in [0.717, 1.165) is 12.8 Å². The normalized spacial score (nSPS) is 21.7. The van der Waals surface area contributed by atoms with Crippen LogP contribution in [0.2, 0.25) is 0 Å². The maximum absolute atomic E-state index is 10.1. The van der Waals surface area contributed by atoms with Gasteiger partial charge in [0.2, 0.25) is 0 Å². The molecule has 0 atom stereocenters. The topological polar surface area (TPSA) is 17.1 Å². The van der Waals surface area contributed by atoms with E-state index in [1.165, 1.54) is 0 Å². The van der Waals surface area contributed by atoms with Crippen LogP contribution >= 0.6 is 8.46 Å². The monoisotopic (exact) mass is 114 g/mol. The Morgan fingerprint density at radius 1 is 1.43 bits per heavy atom. The molecule has 1 aliphatic carbocycles. The molecule has 0 amide bonds. The van der Waals surface area contributed by atoms with E-state index in [1.807, 2.05) is 0 Å². The molecule has 0 aromatic heterocycles. The fourth-order valence-corrected chi connectivity index (χ4v) is 1.10. The van der Waals surface area contributed by atoms with Crippen LogP contribution in [0.25, 0.3) is 0 Å². The standard InChI is InChI=1S/C5H7OP/c6-7-5-3-1-2-4-5/h1-2,5H,3-4H2. The maximum Gasteiger partial charge on any atom is 0.159 e. The molecule has 0 saturated heterocycles. The first-order chi connectivity index (χ1) is 3.43. The summed E-state index contributed by atoms with van der Waals surface area (Å²) in [4.78, 5) is 0. The summed E-state index contributed by atoms with van der Waals surface area (Å²) in [5.74, 6) is 0. The van der Waals surface area contributed by atoms with Crippen molar-refractivity contribution in [2.75, 3.05) is 0 Å². The second-order valence-corrected chi connectivity index (χ2v) is 2.64. The molecule has 1 nitrogen and oxygen atoms in total. The smallest absolute Gasteiger partial charge is 0.159 e. The second kappa shape index (κ2) is 2.23. The third-order valence-electron chi connectivity index (χ3n) is 1.13. The van der Waals surface area contributed by atoms with E-state index in [0.29, 0.717) is 14.1 Å². The molecule has 0 aromatic rings. The van der Waals surface area contributed by atoms with Crippen LogP contribution in [0.1, 0.15) is 12.8 Å². The fraction of sp³-hybridized carbons (Fsp3) is 0.600. The Morgan fingerprint density at radius 3 is 2.29 bits per heavy atom. The van der Waals surface area contributed by atoms with Crippen molar-refractivity contribution >= 4 is 8.46 Å². The van der Waals surface area contributed by atoms with Crippen LogP contribution in [-0.4, -0.2) is 5.66 Å². The average molecular weight is 114 g/mol. The van der Waals surface area contributed by atoms with Gasteiger partial charge in [0.1, 0.15) is 0 Å². The van der Waals surface area contributed by atoms with Crippen LogP contribution in [0.5, 0.6) is 0 Å². The molecule has 0 bridgehead atoms. The van der Waals surface area contributed by atoms with Crippen LogP contribution in [0.4, 0.5) is 0 Å². The third-order valence-corrected chi connectivity index (χ3v) is 1.85. The number of allylic oxidation sites excluding steroid dienone is 2. The Kier molecular flexibility index (Phi) is 1.59. The quantitative estimate of drug-likeness (QED) is 0.376. The van der Waals surface area contributed by atoms with Crippen LogP contribution in [0.15, 0.2) is 12.2 Å². The molecule has 0 aliphatic heterocycles. The van der Waals surface area contributed by atoms with Crippen molar-refractivity contribution in [2.24, 2.45) is 0 Å². The molecule has 7 heavy (non-hydrogen) atoms. The number of hydrogen-bond donors (Lipinski definition) is 0. The number of rotatable bonds is 1. The summed E-state index contributed by atoms with van der Waals surface area (Å²) in [6, 6.07) is 0. The van der Waals surface area contributed by atoms with Crippen molar-refractivity contribution < 1.29 is 4.57 Å². The molecular weight excluding hydrogens is 107 g/mol. The summed E-state index contributed by atoms with van der Waals surface area (Å²) in [5, 5.41) is 0. The Hall–Kier alpha value is -0.160. The van der Waals surface area contributed by atoms with Crippen molar-refractivity contribution in [3.8, 4) is 0 Å². The first-order valence-corrected chi connectivity index (χ1v) is 3.29. The van der Waals surface area contributed by atoms with Crippen molar-refractivity contribution in [3.63, 3.8) is 0 Å². The zero-order valence-electron chi connectivity index (χ0n) is 4.00. The highest BCUT2D eigenvalue weighted by atomic mass is 31.1. The van der Waals surface area contributed by atoms with E-state index in [2.05, 4.69) is 12.2 Å². The lowest BCUT2D eigenvalue weighted by atomic mass is 10.3. The van der Waals surface area contributed by atoms with Gasteiger partial charge in [0, 0.05) is 5.66 Å². The average Bonchev–Trinajstić information content (AvgIpc) is 2.14. The van der Waals surface area contributed by atoms with Gasteiger partial charge in [-0.25, -0.2) is 0 Å². The molecule has 1 aliphatic rings. The summed E-state index contributed by atoms with van der Waals surface area (Å²) in [6.45, 7) is 0. The lowest BCUT2D eigenvalue weighted by Gasteiger charge is -1.89. The van der Waals surface area contributed by atoms with Gasteiger partial charge in [0.15, 0.2) is 8.46 Å². The Morgan fingerprint density at radius 2 is 2.00 bits per heavy atom. The van der Waals surface area contributed by atoms with E-state index in [-0.39, 0.29) is 0 Å². The van der Waals surface area contributed by atoms with E-state index in [4.69, 9.17) is 0 Å². The van der Waals surface area contributed by atoms with Crippen molar-refractivity contribution in [3.05, 3.63) is 12.2 Å². The van der Waals surface area contributed by atoms with E-state index < -0.39 is 0 Å². The lowest BCUT2D eigenvalue weighted by Crippen LogP contribution is -1.85. The van der Waals surface area contributed by atoms with Gasteiger partial charge in [-0.15, -0.1) is 0 Å². The molecule has 0 spiro atoms. The molecule has 2 heteroatoms. The van der Waals surface area contributed by atoms with E-state index in [9.17, 15) is 4.57 Å². The molecular formula is C5H7OP.